The fourth-order valence-corrected chi connectivity index (χ4v) is 3.82. The number of nitrogens with one attached hydrogen (secondary N) is 1. The number of benzene rings is 1. The highest BCUT2D eigenvalue weighted by Gasteiger charge is 2.43. The molecule has 1 aromatic carbocycles. The number of hydrogen-bond acceptors (Lipinski definition) is 5. The number of nitrogens with zero attached hydrogens (tertiary/aromatic N) is 2. The number of amides is 3. The highest BCUT2D eigenvalue weighted by atomic mass is 16.2. The molecule has 0 fully saturated rings. The van der Waals surface area contributed by atoms with E-state index < -0.39 is 22.8 Å². The first-order valence-electron chi connectivity index (χ1n) is 8.56. The van der Waals surface area contributed by atoms with E-state index in [1.807, 2.05) is 20.8 Å². The molecule has 138 valence electrons. The molecule has 2 aliphatic rings. The zero-order valence-electron chi connectivity index (χ0n) is 15.1. The van der Waals surface area contributed by atoms with Crippen LogP contribution in [0.2, 0.25) is 0 Å². The lowest BCUT2D eigenvalue weighted by Gasteiger charge is -2.18. The molecule has 8 heteroatoms. The molecular formula is C19H18N4O4. The Morgan fingerprint density at radius 3 is 2.44 bits per heavy atom. The van der Waals surface area contributed by atoms with E-state index in [2.05, 4.69) is 5.32 Å². The van der Waals surface area contributed by atoms with Crippen molar-refractivity contribution in [2.45, 2.75) is 26.2 Å². The van der Waals surface area contributed by atoms with Gasteiger partial charge in [0.05, 0.1) is 22.2 Å². The van der Waals surface area contributed by atoms with Gasteiger partial charge in [-0.1, -0.05) is 0 Å². The van der Waals surface area contributed by atoms with Crippen LogP contribution in [0.5, 0.6) is 0 Å². The van der Waals surface area contributed by atoms with Crippen LogP contribution in [0.1, 0.15) is 47.1 Å². The van der Waals surface area contributed by atoms with Crippen molar-refractivity contribution in [3.63, 3.8) is 0 Å². The molecular weight excluding hydrogens is 348 g/mol. The Balaban J connectivity index is 1.96. The van der Waals surface area contributed by atoms with Gasteiger partial charge in [-0.05, 0) is 44.5 Å². The molecule has 27 heavy (non-hydrogen) atoms. The molecule has 2 aliphatic heterocycles. The fraction of sp³-hybridized carbons (Fsp3) is 0.263. The Bertz CT molecular complexity index is 1110. The highest BCUT2D eigenvalue weighted by Crippen LogP contribution is 2.42. The summed E-state index contributed by atoms with van der Waals surface area (Å²) in [7, 11) is 0. The minimum atomic E-state index is -0.746. The van der Waals surface area contributed by atoms with Gasteiger partial charge < -0.3 is 10.6 Å². The number of fused-ring (bicyclic) bond motifs is 2. The van der Waals surface area contributed by atoms with Gasteiger partial charge >= 0.3 is 0 Å². The van der Waals surface area contributed by atoms with Gasteiger partial charge in [0.1, 0.15) is 5.82 Å². The quantitative estimate of drug-likeness (QED) is 0.768. The van der Waals surface area contributed by atoms with E-state index in [0.29, 0.717) is 12.2 Å². The van der Waals surface area contributed by atoms with E-state index in [9.17, 15) is 19.2 Å². The van der Waals surface area contributed by atoms with Crippen molar-refractivity contribution in [1.29, 1.82) is 0 Å². The van der Waals surface area contributed by atoms with Crippen LogP contribution in [0, 0.1) is 0 Å². The number of anilines is 2. The number of aromatic nitrogens is 1. The third-order valence-electron chi connectivity index (χ3n) is 5.25. The first kappa shape index (κ1) is 17.0. The molecule has 0 spiro atoms. The predicted molar refractivity (Wildman–Crippen MR) is 99.3 cm³/mol. The molecule has 3 heterocycles. The molecule has 0 unspecified atom stereocenters. The summed E-state index contributed by atoms with van der Waals surface area (Å²) in [5.74, 6) is -1.38. The van der Waals surface area contributed by atoms with Crippen molar-refractivity contribution in [2.24, 2.45) is 0 Å². The molecule has 2 aromatic rings. The SMILES string of the molecule is CCN1C(=O)C(C)(C)c2cc(-n3c(N)c4c(cc3=O)C(=O)NC4=O)ccc21. The van der Waals surface area contributed by atoms with Crippen molar-refractivity contribution < 1.29 is 14.4 Å². The molecule has 0 bridgehead atoms. The lowest BCUT2D eigenvalue weighted by molar-refractivity contribution is -0.122. The Morgan fingerprint density at radius 2 is 1.78 bits per heavy atom. The summed E-state index contributed by atoms with van der Waals surface area (Å²) in [5, 5.41) is 2.14. The normalized spacial score (nSPS) is 17.1. The van der Waals surface area contributed by atoms with Crippen molar-refractivity contribution >= 4 is 29.2 Å². The number of nitrogen functional groups attached to an aromatic ring is 1. The van der Waals surface area contributed by atoms with Crippen LogP contribution in [-0.4, -0.2) is 28.8 Å². The van der Waals surface area contributed by atoms with Crippen LogP contribution in [0.15, 0.2) is 29.1 Å². The monoisotopic (exact) mass is 366 g/mol. The number of likely N-dealkylation sites (N-methyl/N-ethyl adjacent to an activating group) is 1. The number of pyridine rings is 1. The topological polar surface area (TPSA) is 114 Å². The lowest BCUT2D eigenvalue weighted by Crippen LogP contribution is -2.35. The summed E-state index contributed by atoms with van der Waals surface area (Å²) < 4.78 is 1.19. The van der Waals surface area contributed by atoms with Crippen LogP contribution in [0.25, 0.3) is 5.69 Å². The van der Waals surface area contributed by atoms with Crippen LogP contribution in [0.3, 0.4) is 0 Å². The third kappa shape index (κ3) is 2.09. The summed E-state index contributed by atoms with van der Waals surface area (Å²) >= 11 is 0. The first-order chi connectivity index (χ1) is 12.7. The van der Waals surface area contributed by atoms with Crippen LogP contribution < -0.4 is 21.5 Å². The first-order valence-corrected chi connectivity index (χ1v) is 8.56. The number of nitrogens with two attached hydrogens (primary N) is 1. The van der Waals surface area contributed by atoms with Gasteiger partial charge in [-0.2, -0.15) is 0 Å². The minimum Gasteiger partial charge on any atom is -0.384 e. The van der Waals surface area contributed by atoms with Crippen LogP contribution in [-0.2, 0) is 10.2 Å². The Labute approximate surface area is 154 Å². The maximum absolute atomic E-state index is 12.7. The van der Waals surface area contributed by atoms with Crippen LogP contribution in [0.4, 0.5) is 11.5 Å². The van der Waals surface area contributed by atoms with Gasteiger partial charge in [-0.25, -0.2) is 0 Å². The molecule has 0 saturated heterocycles. The largest absolute Gasteiger partial charge is 0.384 e. The summed E-state index contributed by atoms with van der Waals surface area (Å²) in [6.45, 7) is 6.09. The maximum Gasteiger partial charge on any atom is 0.262 e. The van der Waals surface area contributed by atoms with E-state index in [1.54, 1.807) is 23.1 Å². The molecule has 0 saturated carbocycles. The van der Waals surface area contributed by atoms with Crippen molar-refractivity contribution in [3.8, 4) is 5.69 Å². The number of rotatable bonds is 2. The van der Waals surface area contributed by atoms with Crippen molar-refractivity contribution in [1.82, 2.24) is 9.88 Å². The zero-order valence-corrected chi connectivity index (χ0v) is 15.1. The summed E-state index contributed by atoms with van der Waals surface area (Å²) in [6, 6.07) is 6.29. The van der Waals surface area contributed by atoms with Gasteiger partial charge in [0.15, 0.2) is 0 Å². The lowest BCUT2D eigenvalue weighted by atomic mass is 9.86. The standard InChI is InChI=1S/C19H18N4O4/c1-4-22-12-6-5-9(7-11(12)19(2,3)18(22)27)23-13(24)8-10-14(15(23)20)17(26)21-16(10)25/h5-8H,4,20H2,1-3H3,(H,21,25,26). The second-order valence-corrected chi connectivity index (χ2v) is 7.15. The molecule has 0 atom stereocenters. The highest BCUT2D eigenvalue weighted by molar-refractivity contribution is 6.23. The van der Waals surface area contributed by atoms with E-state index in [0.717, 1.165) is 17.3 Å². The molecule has 0 aliphatic carbocycles. The van der Waals surface area contributed by atoms with Crippen molar-refractivity contribution in [3.05, 3.63) is 51.3 Å². The second kappa shape index (κ2) is 5.29. The summed E-state index contributed by atoms with van der Waals surface area (Å²) in [4.78, 5) is 50.8. The maximum atomic E-state index is 12.7. The molecule has 8 nitrogen and oxygen atoms in total. The third-order valence-corrected chi connectivity index (χ3v) is 5.25. The smallest absolute Gasteiger partial charge is 0.262 e. The fourth-order valence-electron chi connectivity index (χ4n) is 3.82. The van der Waals surface area contributed by atoms with Crippen LogP contribution >= 0.6 is 0 Å². The number of carbonyl (C=O) groups excluding carboxylic acids is 3. The minimum absolute atomic E-state index is 0.00869. The predicted octanol–water partition coefficient (Wildman–Crippen LogP) is 0.947. The average Bonchev–Trinajstić information content (AvgIpc) is 2.99. The van der Waals surface area contributed by atoms with E-state index in [-0.39, 0.29) is 22.9 Å². The Kier molecular flexibility index (Phi) is 3.33. The summed E-state index contributed by atoms with van der Waals surface area (Å²) in [5.41, 5.74) is 6.79. The van der Waals surface area contributed by atoms with E-state index in [1.165, 1.54) is 4.57 Å². The molecule has 3 amide bonds. The Hall–Kier alpha value is -3.42. The van der Waals surface area contributed by atoms with Crippen molar-refractivity contribution in [2.75, 3.05) is 17.2 Å². The second-order valence-electron chi connectivity index (χ2n) is 7.15. The number of imide groups is 1. The van der Waals surface area contributed by atoms with Gasteiger partial charge in [0.25, 0.3) is 17.4 Å². The number of carbonyl (C=O) groups is 3. The Morgan fingerprint density at radius 1 is 1.07 bits per heavy atom. The molecule has 0 radical (unpaired) electrons. The zero-order chi connectivity index (χ0) is 19.7. The van der Waals surface area contributed by atoms with E-state index in [4.69, 9.17) is 5.73 Å². The molecule has 4 rings (SSSR count). The summed E-state index contributed by atoms with van der Waals surface area (Å²) in [6.07, 6.45) is 0. The molecule has 1 aromatic heterocycles. The average molecular weight is 366 g/mol. The van der Waals surface area contributed by atoms with Gasteiger partial charge in [-0.3, -0.25) is 29.1 Å². The van der Waals surface area contributed by atoms with Gasteiger partial charge in [0, 0.05) is 18.3 Å². The van der Waals surface area contributed by atoms with Gasteiger partial charge in [-0.15, -0.1) is 0 Å². The molecule has 3 N–H and O–H groups in total. The van der Waals surface area contributed by atoms with Gasteiger partial charge in [0.2, 0.25) is 5.91 Å². The number of hydrogen-bond donors (Lipinski definition) is 2. The van der Waals surface area contributed by atoms with E-state index >= 15 is 0 Å².